The van der Waals surface area contributed by atoms with Crippen LogP contribution in [0.1, 0.15) is 65.5 Å². The van der Waals surface area contributed by atoms with Crippen LogP contribution < -0.4 is 3.27 Å². The standard InChI is InChI=1S/C25H17.C12H19.C3H6.Zr/c1-3-7-18(8-4-1)20-11-13-24-22(15-20)17-23-16-21(12-14-25(23)24)19-9-5-2-6-10-19;1-5-6-10-7-8-11(9-10)12(2,3)4;1-3-2;/h1-15H,17H2;8-10H,5-6H2,1-4H3;1-2H3;. The second-order valence-corrected chi connectivity index (χ2v) is 20.0. The number of rotatable bonds is 6. The molecule has 0 spiro atoms. The molecule has 2 aliphatic rings. The molecule has 0 heterocycles. The molecule has 4 aromatic rings. The van der Waals surface area contributed by atoms with E-state index in [0.29, 0.717) is 5.92 Å². The van der Waals surface area contributed by atoms with Crippen molar-refractivity contribution in [1.29, 1.82) is 0 Å². The summed E-state index contributed by atoms with van der Waals surface area (Å²) in [6.45, 7) is 14.4. The molecule has 0 bridgehead atoms. The van der Waals surface area contributed by atoms with Gasteiger partial charge in [-0.2, -0.15) is 0 Å². The van der Waals surface area contributed by atoms with E-state index in [-0.39, 0.29) is 5.41 Å². The molecule has 0 saturated carbocycles. The topological polar surface area (TPSA) is 0 Å². The van der Waals surface area contributed by atoms with Crippen molar-refractivity contribution >= 4 is 6.48 Å². The van der Waals surface area contributed by atoms with Gasteiger partial charge in [-0.3, -0.25) is 0 Å². The predicted octanol–water partition coefficient (Wildman–Crippen LogP) is 10.3. The molecule has 6 rings (SSSR count). The van der Waals surface area contributed by atoms with Crippen molar-refractivity contribution in [3.63, 3.8) is 0 Å². The summed E-state index contributed by atoms with van der Waals surface area (Å²) in [7, 11) is 0. The molecule has 0 fully saturated rings. The Bertz CT molecular complexity index is 1690. The fourth-order valence-corrected chi connectivity index (χ4v) is 14.9. The molecule has 0 aliphatic heterocycles. The Morgan fingerprint density at radius 2 is 1.39 bits per heavy atom. The molecular weight excluding hydrogens is 572 g/mol. The van der Waals surface area contributed by atoms with Crippen LogP contribution in [0.5, 0.6) is 0 Å². The monoisotopic (exact) mass is 612 g/mol. The summed E-state index contributed by atoms with van der Waals surface area (Å²) in [6.07, 6.45) is 8.80. The van der Waals surface area contributed by atoms with E-state index in [1.54, 1.807) is 15.3 Å². The van der Waals surface area contributed by atoms with Crippen molar-refractivity contribution in [2.75, 3.05) is 0 Å². The summed E-state index contributed by atoms with van der Waals surface area (Å²) in [5.41, 5.74) is 13.1. The number of hydrogen-bond acceptors (Lipinski definition) is 0. The molecule has 0 N–H and O–H groups in total. The van der Waals surface area contributed by atoms with Crippen LogP contribution in [-0.4, -0.2) is 3.21 Å². The van der Waals surface area contributed by atoms with E-state index in [4.69, 9.17) is 0 Å². The Balaban J connectivity index is 1.56. The zero-order valence-electron chi connectivity index (χ0n) is 25.5. The van der Waals surface area contributed by atoms with Crippen LogP contribution >= 0.6 is 0 Å². The first-order chi connectivity index (χ1) is 19.8. The maximum absolute atomic E-state index is 2.66. The van der Waals surface area contributed by atoms with Crippen LogP contribution in [0.2, 0.25) is 0 Å². The molecule has 1 unspecified atom stereocenters. The molecule has 0 radical (unpaired) electrons. The van der Waals surface area contributed by atoms with Crippen molar-refractivity contribution < 1.29 is 21.3 Å². The van der Waals surface area contributed by atoms with Crippen molar-refractivity contribution in [3.8, 4) is 33.4 Å². The van der Waals surface area contributed by atoms with Crippen LogP contribution in [0, 0.1) is 11.3 Å². The third-order valence-electron chi connectivity index (χ3n) is 8.86. The van der Waals surface area contributed by atoms with E-state index in [1.165, 1.54) is 57.4 Å². The molecule has 1 heteroatoms. The zero-order valence-corrected chi connectivity index (χ0v) is 28.0. The molecule has 1 atom stereocenters. The summed E-state index contributed by atoms with van der Waals surface area (Å²) >= 11 is -2.45. The summed E-state index contributed by atoms with van der Waals surface area (Å²) in [5.74, 6) is 0.575. The zero-order chi connectivity index (χ0) is 28.7. The molecule has 0 saturated heterocycles. The molecular formula is C40H42Zr. The van der Waals surface area contributed by atoms with E-state index < -0.39 is 21.3 Å². The summed E-state index contributed by atoms with van der Waals surface area (Å²) in [5, 5.41) is 0. The van der Waals surface area contributed by atoms with Crippen molar-refractivity contribution in [2.24, 2.45) is 11.3 Å². The van der Waals surface area contributed by atoms with Crippen LogP contribution in [0.25, 0.3) is 33.4 Å². The first kappa shape index (κ1) is 28.2. The van der Waals surface area contributed by atoms with Crippen molar-refractivity contribution in [3.05, 3.63) is 123 Å². The number of hydrogen-bond donors (Lipinski definition) is 0. The van der Waals surface area contributed by atoms with Gasteiger partial charge in [0.2, 0.25) is 0 Å². The summed E-state index contributed by atoms with van der Waals surface area (Å²) in [4.78, 5) is 0. The fourth-order valence-electron chi connectivity index (χ4n) is 6.82. The number of fused-ring (bicyclic) bond motifs is 3. The van der Waals surface area contributed by atoms with E-state index >= 15 is 0 Å². The Labute approximate surface area is 255 Å². The molecule has 0 aromatic heterocycles. The molecule has 0 nitrogen and oxygen atoms in total. The van der Waals surface area contributed by atoms with Gasteiger partial charge in [-0.05, 0) is 0 Å². The van der Waals surface area contributed by atoms with Crippen molar-refractivity contribution in [2.45, 2.75) is 60.8 Å². The van der Waals surface area contributed by atoms with Gasteiger partial charge < -0.3 is 0 Å². The van der Waals surface area contributed by atoms with Gasteiger partial charge in [-0.25, -0.2) is 0 Å². The summed E-state index contributed by atoms with van der Waals surface area (Å²) in [6, 6.07) is 34.1. The van der Waals surface area contributed by atoms with Crippen LogP contribution in [0.15, 0.2) is 112 Å². The molecule has 0 amide bonds. The normalized spacial score (nSPS) is 15.7. The second-order valence-electron chi connectivity index (χ2n) is 13.0. The van der Waals surface area contributed by atoms with Gasteiger partial charge in [0.25, 0.3) is 0 Å². The van der Waals surface area contributed by atoms with Gasteiger partial charge in [-0.1, -0.05) is 0 Å². The minimum absolute atomic E-state index is 0.175. The average Bonchev–Trinajstić information content (AvgIpc) is 3.56. The van der Waals surface area contributed by atoms with E-state index in [1.807, 2.05) is 0 Å². The average molecular weight is 614 g/mol. The van der Waals surface area contributed by atoms with Gasteiger partial charge in [0.15, 0.2) is 0 Å². The Morgan fingerprint density at radius 3 is 2.02 bits per heavy atom. The van der Waals surface area contributed by atoms with E-state index in [0.717, 1.165) is 6.42 Å². The van der Waals surface area contributed by atoms with Gasteiger partial charge in [0.1, 0.15) is 0 Å². The van der Waals surface area contributed by atoms with Gasteiger partial charge in [-0.15, -0.1) is 0 Å². The third kappa shape index (κ3) is 5.39. The SMILES string of the molecule is CCCC1C=C(C(C)(C)C)C=[C]1[Zr](=[C](C)C)[c]1c(-c2ccccc2)ccc2c1Cc1cc(-c3ccccc3)ccc1-2. The quantitative estimate of drug-likeness (QED) is 0.179. The first-order valence-corrected chi connectivity index (χ1v) is 19.0. The Morgan fingerprint density at radius 1 is 0.756 bits per heavy atom. The first-order valence-electron chi connectivity index (χ1n) is 15.3. The van der Waals surface area contributed by atoms with E-state index in [2.05, 4.69) is 145 Å². The molecule has 206 valence electrons. The van der Waals surface area contributed by atoms with Crippen LogP contribution in [0.3, 0.4) is 0 Å². The maximum atomic E-state index is 2.66. The number of benzene rings is 4. The Kier molecular flexibility index (Phi) is 7.86. The van der Waals surface area contributed by atoms with Crippen LogP contribution in [0.4, 0.5) is 0 Å². The molecule has 4 aromatic carbocycles. The molecule has 41 heavy (non-hydrogen) atoms. The van der Waals surface area contributed by atoms with Crippen molar-refractivity contribution in [1.82, 2.24) is 0 Å². The fraction of sp³-hybridized carbons (Fsp3) is 0.275. The van der Waals surface area contributed by atoms with Gasteiger partial charge in [0, 0.05) is 0 Å². The van der Waals surface area contributed by atoms with Crippen LogP contribution in [-0.2, 0) is 27.7 Å². The van der Waals surface area contributed by atoms with E-state index in [9.17, 15) is 0 Å². The van der Waals surface area contributed by atoms with Gasteiger partial charge in [0.05, 0.1) is 0 Å². The number of allylic oxidation sites excluding steroid dienone is 4. The molecule has 2 aliphatic carbocycles. The predicted molar refractivity (Wildman–Crippen MR) is 176 cm³/mol. The Hall–Kier alpha value is -2.89. The second kappa shape index (κ2) is 11.4. The third-order valence-corrected chi connectivity index (χ3v) is 16.6. The van der Waals surface area contributed by atoms with Gasteiger partial charge >= 0.3 is 256 Å². The summed E-state index contributed by atoms with van der Waals surface area (Å²) < 4.78 is 5.17. The minimum atomic E-state index is -2.45.